The lowest BCUT2D eigenvalue weighted by molar-refractivity contribution is -0.159. The summed E-state index contributed by atoms with van der Waals surface area (Å²) in [6.45, 7) is 6.86. The molecule has 0 unspecified atom stereocenters. The molecule has 8 heteroatoms. The Morgan fingerprint density at radius 2 is 1.96 bits per heavy atom. The number of aliphatic carboxylic acids is 2. The van der Waals surface area contributed by atoms with Crippen LogP contribution in [0, 0.1) is 0 Å². The van der Waals surface area contributed by atoms with Gasteiger partial charge in [0.25, 0.3) is 0 Å². The first-order valence-corrected chi connectivity index (χ1v) is 7.69. The van der Waals surface area contributed by atoms with Gasteiger partial charge in [-0.25, -0.2) is 9.59 Å². The number of allylic oxidation sites excluding steroid dienone is 1. The Balaban J connectivity index is 0.000000754. The summed E-state index contributed by atoms with van der Waals surface area (Å²) >= 11 is 5.96. The Kier molecular flexibility index (Phi) is 12.2. The zero-order chi connectivity index (χ0) is 18.4. The fourth-order valence-corrected chi connectivity index (χ4v) is 1.80. The van der Waals surface area contributed by atoms with Crippen LogP contribution in [0.2, 0.25) is 5.02 Å². The van der Waals surface area contributed by atoms with Crippen LogP contribution in [0.4, 0.5) is 0 Å². The molecule has 134 valence electrons. The van der Waals surface area contributed by atoms with Crippen molar-refractivity contribution in [1.82, 2.24) is 5.32 Å². The molecule has 1 rings (SSSR count). The van der Waals surface area contributed by atoms with Crippen molar-refractivity contribution < 1.29 is 24.5 Å². The predicted octanol–water partition coefficient (Wildman–Crippen LogP) is 1.54. The Hall–Kier alpha value is -2.09. The summed E-state index contributed by atoms with van der Waals surface area (Å²) in [4.78, 5) is 18.2. The molecule has 0 aromatic heterocycles. The summed E-state index contributed by atoms with van der Waals surface area (Å²) in [5, 5.41) is 18.7. The van der Waals surface area contributed by atoms with Crippen molar-refractivity contribution in [1.29, 1.82) is 0 Å². The number of carboxylic acid groups (broad SMARTS) is 2. The van der Waals surface area contributed by atoms with Crippen LogP contribution in [-0.2, 0) is 16.0 Å². The minimum absolute atomic E-state index is 0.668. The lowest BCUT2D eigenvalue weighted by Gasteiger charge is -2.11. The smallest absolute Gasteiger partial charge is 0.414 e. The molecule has 0 saturated carbocycles. The summed E-state index contributed by atoms with van der Waals surface area (Å²) in [5.74, 6) is -2.76. The highest BCUT2D eigenvalue weighted by molar-refractivity contribution is 6.30. The third kappa shape index (κ3) is 10.6. The summed E-state index contributed by atoms with van der Waals surface area (Å²) in [6.07, 6.45) is 3.57. The molecule has 0 saturated heterocycles. The van der Waals surface area contributed by atoms with Gasteiger partial charge in [-0.1, -0.05) is 17.7 Å². The Morgan fingerprint density at radius 3 is 2.50 bits per heavy atom. The van der Waals surface area contributed by atoms with Crippen LogP contribution in [0.1, 0.15) is 12.0 Å². The average Bonchev–Trinajstić information content (AvgIpc) is 2.53. The third-order valence-electron chi connectivity index (χ3n) is 2.65. The van der Waals surface area contributed by atoms with Crippen LogP contribution < -0.4 is 15.8 Å². The molecule has 0 fully saturated rings. The maximum Gasteiger partial charge on any atom is 0.414 e. The largest absolute Gasteiger partial charge is 0.493 e. The molecule has 0 aliphatic rings. The Labute approximate surface area is 146 Å². The van der Waals surface area contributed by atoms with E-state index in [1.807, 2.05) is 24.3 Å². The maximum absolute atomic E-state index is 9.10. The van der Waals surface area contributed by atoms with Crippen molar-refractivity contribution >= 4 is 23.5 Å². The molecule has 5 N–H and O–H groups in total. The topological polar surface area (TPSA) is 122 Å². The fourth-order valence-electron chi connectivity index (χ4n) is 1.61. The van der Waals surface area contributed by atoms with Gasteiger partial charge in [0.1, 0.15) is 5.75 Å². The van der Waals surface area contributed by atoms with Crippen LogP contribution in [0.3, 0.4) is 0 Å². The number of hydrogen-bond donors (Lipinski definition) is 4. The van der Waals surface area contributed by atoms with Gasteiger partial charge in [-0.15, -0.1) is 6.58 Å². The molecule has 24 heavy (non-hydrogen) atoms. The molecule has 0 atom stereocenters. The van der Waals surface area contributed by atoms with Crippen LogP contribution in [-0.4, -0.2) is 48.4 Å². The van der Waals surface area contributed by atoms with E-state index in [1.54, 1.807) is 0 Å². The van der Waals surface area contributed by atoms with Crippen molar-refractivity contribution in [3.63, 3.8) is 0 Å². The quantitative estimate of drug-likeness (QED) is 0.300. The van der Waals surface area contributed by atoms with Gasteiger partial charge in [0.05, 0.1) is 6.61 Å². The monoisotopic (exact) mass is 358 g/mol. The molecule has 0 spiro atoms. The van der Waals surface area contributed by atoms with Crippen molar-refractivity contribution in [2.45, 2.75) is 12.8 Å². The van der Waals surface area contributed by atoms with Crippen molar-refractivity contribution in [2.75, 3.05) is 26.2 Å². The molecule has 7 nitrogen and oxygen atoms in total. The molecular formula is C16H23ClN2O5. The van der Waals surface area contributed by atoms with E-state index in [0.29, 0.717) is 13.2 Å². The normalized spacial score (nSPS) is 9.58. The first kappa shape index (κ1) is 21.9. The van der Waals surface area contributed by atoms with Crippen LogP contribution in [0.25, 0.3) is 0 Å². The molecule has 0 aliphatic heterocycles. The van der Waals surface area contributed by atoms with Gasteiger partial charge >= 0.3 is 11.9 Å². The van der Waals surface area contributed by atoms with E-state index in [-0.39, 0.29) is 0 Å². The van der Waals surface area contributed by atoms with Crippen LogP contribution >= 0.6 is 11.6 Å². The maximum atomic E-state index is 9.10. The minimum atomic E-state index is -1.82. The molecular weight excluding hydrogens is 336 g/mol. The second-order valence-electron chi connectivity index (χ2n) is 4.60. The van der Waals surface area contributed by atoms with Crippen LogP contribution in [0.5, 0.6) is 5.75 Å². The molecule has 0 amide bonds. The first-order valence-electron chi connectivity index (χ1n) is 7.31. The Morgan fingerprint density at radius 1 is 1.29 bits per heavy atom. The van der Waals surface area contributed by atoms with E-state index in [1.165, 1.54) is 0 Å². The molecule has 1 aromatic rings. The second kappa shape index (κ2) is 13.4. The highest BCUT2D eigenvalue weighted by Gasteiger charge is 2.04. The van der Waals surface area contributed by atoms with Crippen LogP contribution in [0.15, 0.2) is 30.9 Å². The van der Waals surface area contributed by atoms with Gasteiger partial charge in [0.2, 0.25) is 0 Å². The fraction of sp³-hybridized carbons (Fsp3) is 0.375. The number of halogens is 1. The number of nitrogens with two attached hydrogens (primary N) is 1. The average molecular weight is 359 g/mol. The number of benzene rings is 1. The zero-order valence-electron chi connectivity index (χ0n) is 13.3. The van der Waals surface area contributed by atoms with E-state index >= 15 is 0 Å². The predicted molar refractivity (Wildman–Crippen MR) is 92.7 cm³/mol. The summed E-state index contributed by atoms with van der Waals surface area (Å²) in [7, 11) is 0. The lowest BCUT2D eigenvalue weighted by atomic mass is 10.1. The van der Waals surface area contributed by atoms with E-state index in [0.717, 1.165) is 42.3 Å². The molecule has 0 bridgehead atoms. The van der Waals surface area contributed by atoms with Crippen molar-refractivity contribution in [2.24, 2.45) is 5.73 Å². The number of hydrogen-bond acceptors (Lipinski definition) is 5. The van der Waals surface area contributed by atoms with E-state index in [4.69, 9.17) is 41.9 Å². The first-order chi connectivity index (χ1) is 11.4. The van der Waals surface area contributed by atoms with Crippen molar-refractivity contribution in [3.8, 4) is 5.75 Å². The number of carboxylic acids is 2. The third-order valence-corrected chi connectivity index (χ3v) is 2.88. The summed E-state index contributed by atoms with van der Waals surface area (Å²) < 4.78 is 5.75. The Bertz CT molecular complexity index is 525. The number of nitrogens with one attached hydrogen (secondary N) is 1. The van der Waals surface area contributed by atoms with E-state index in [9.17, 15) is 0 Å². The van der Waals surface area contributed by atoms with Gasteiger partial charge in [-0.2, -0.15) is 0 Å². The van der Waals surface area contributed by atoms with E-state index < -0.39 is 11.9 Å². The second-order valence-corrected chi connectivity index (χ2v) is 5.03. The van der Waals surface area contributed by atoms with Gasteiger partial charge < -0.3 is 26.0 Å². The molecule has 0 aliphatic carbocycles. The number of carbonyl (C=O) groups is 2. The highest BCUT2D eigenvalue weighted by atomic mass is 35.5. The van der Waals surface area contributed by atoms with Gasteiger partial charge in [0, 0.05) is 18.1 Å². The zero-order valence-corrected chi connectivity index (χ0v) is 14.1. The van der Waals surface area contributed by atoms with E-state index in [2.05, 4.69) is 11.9 Å². The summed E-state index contributed by atoms with van der Waals surface area (Å²) in [6, 6.07) is 5.68. The van der Waals surface area contributed by atoms with Crippen molar-refractivity contribution in [3.05, 3.63) is 41.4 Å². The molecule has 0 radical (unpaired) electrons. The van der Waals surface area contributed by atoms with Gasteiger partial charge in [-0.3, -0.25) is 0 Å². The highest BCUT2D eigenvalue weighted by Crippen LogP contribution is 2.23. The van der Waals surface area contributed by atoms with Gasteiger partial charge in [-0.05, 0) is 43.1 Å². The lowest BCUT2D eigenvalue weighted by Crippen LogP contribution is -2.24. The SMILES string of the molecule is C=CCc1cc(Cl)ccc1OCCCNCCN.O=C(O)C(=O)O. The van der Waals surface area contributed by atoms with Gasteiger partial charge in [0.15, 0.2) is 0 Å². The number of rotatable bonds is 9. The molecule has 0 heterocycles. The standard InChI is InChI=1S/C14H21ClN2O.C2H2O4/c1-2-4-12-11-13(15)5-6-14(12)18-10-3-8-17-9-7-16;3-1(4)2(5)6/h2,5-6,11,17H,1,3-4,7-10,16H2;(H,3,4)(H,5,6). The number of ether oxygens (including phenoxy) is 1. The minimum Gasteiger partial charge on any atom is -0.493 e. The summed E-state index contributed by atoms with van der Waals surface area (Å²) in [5.41, 5.74) is 6.46. The molecule has 1 aromatic carbocycles.